The molecule has 0 heterocycles. The van der Waals surface area contributed by atoms with Crippen LogP contribution in [0.15, 0.2) is 53.0 Å². The van der Waals surface area contributed by atoms with Gasteiger partial charge in [0, 0.05) is 22.8 Å². The second-order valence-electron chi connectivity index (χ2n) is 4.24. The molecular formula is C15H13BrFNO. The zero-order chi connectivity index (χ0) is 13.8. The van der Waals surface area contributed by atoms with Crippen LogP contribution in [-0.2, 0) is 0 Å². The van der Waals surface area contributed by atoms with E-state index in [1.54, 1.807) is 30.1 Å². The Hall–Kier alpha value is -1.68. The van der Waals surface area contributed by atoms with Crippen molar-refractivity contribution in [3.63, 3.8) is 0 Å². The lowest BCUT2D eigenvalue weighted by atomic mass is 10.1. The standard InChI is InChI=1S/C15H13BrFNO/c1-18(12-6-4-5-11(17)9-12)10-15(19)13-7-2-3-8-14(13)16/h2-9H,10H2,1H3. The number of anilines is 1. The summed E-state index contributed by atoms with van der Waals surface area (Å²) in [7, 11) is 1.77. The Labute approximate surface area is 120 Å². The Morgan fingerprint density at radius 3 is 2.63 bits per heavy atom. The van der Waals surface area contributed by atoms with Crippen LogP contribution in [0.5, 0.6) is 0 Å². The van der Waals surface area contributed by atoms with Crippen LogP contribution >= 0.6 is 15.9 Å². The highest BCUT2D eigenvalue weighted by Crippen LogP contribution is 2.19. The molecule has 98 valence electrons. The Bertz CT molecular complexity index is 600. The maximum Gasteiger partial charge on any atom is 0.183 e. The fourth-order valence-electron chi connectivity index (χ4n) is 1.79. The molecule has 0 N–H and O–H groups in total. The second kappa shape index (κ2) is 5.97. The SMILES string of the molecule is CN(CC(=O)c1ccccc1Br)c1cccc(F)c1. The zero-order valence-electron chi connectivity index (χ0n) is 10.4. The molecule has 4 heteroatoms. The first-order valence-corrected chi connectivity index (χ1v) is 6.61. The number of carbonyl (C=O) groups excluding carboxylic acids is 1. The number of hydrogen-bond donors (Lipinski definition) is 0. The summed E-state index contributed by atoms with van der Waals surface area (Å²) in [5.41, 5.74) is 1.31. The van der Waals surface area contributed by atoms with Gasteiger partial charge in [0.1, 0.15) is 5.82 Å². The Morgan fingerprint density at radius 1 is 1.21 bits per heavy atom. The second-order valence-corrected chi connectivity index (χ2v) is 5.09. The summed E-state index contributed by atoms with van der Waals surface area (Å²) in [5.74, 6) is -0.322. The third-order valence-electron chi connectivity index (χ3n) is 2.80. The van der Waals surface area contributed by atoms with Crippen molar-refractivity contribution in [2.24, 2.45) is 0 Å². The van der Waals surface area contributed by atoms with E-state index in [1.165, 1.54) is 12.1 Å². The molecule has 0 aliphatic carbocycles. The van der Waals surface area contributed by atoms with Crippen LogP contribution in [0.1, 0.15) is 10.4 Å². The molecule has 0 aromatic heterocycles. The average molecular weight is 322 g/mol. The van der Waals surface area contributed by atoms with E-state index in [0.717, 1.165) is 4.47 Å². The summed E-state index contributed by atoms with van der Waals surface area (Å²) < 4.78 is 13.9. The summed E-state index contributed by atoms with van der Waals surface area (Å²) >= 11 is 3.36. The largest absolute Gasteiger partial charge is 0.367 e. The monoisotopic (exact) mass is 321 g/mol. The summed E-state index contributed by atoms with van der Waals surface area (Å²) in [6.45, 7) is 0.200. The van der Waals surface area contributed by atoms with Crippen molar-refractivity contribution in [1.29, 1.82) is 0 Å². The molecular weight excluding hydrogens is 309 g/mol. The van der Waals surface area contributed by atoms with E-state index in [-0.39, 0.29) is 18.1 Å². The first kappa shape index (κ1) is 13.7. The topological polar surface area (TPSA) is 20.3 Å². The van der Waals surface area contributed by atoms with Gasteiger partial charge in [0.05, 0.1) is 6.54 Å². The third-order valence-corrected chi connectivity index (χ3v) is 3.50. The predicted octanol–water partition coefficient (Wildman–Crippen LogP) is 3.91. The van der Waals surface area contributed by atoms with Gasteiger partial charge in [-0.2, -0.15) is 0 Å². The third kappa shape index (κ3) is 3.41. The minimum atomic E-state index is -0.308. The predicted molar refractivity (Wildman–Crippen MR) is 78.1 cm³/mol. The fourth-order valence-corrected chi connectivity index (χ4v) is 2.30. The highest BCUT2D eigenvalue weighted by molar-refractivity contribution is 9.10. The molecule has 0 atom stereocenters. The molecule has 2 nitrogen and oxygen atoms in total. The zero-order valence-corrected chi connectivity index (χ0v) is 12.0. The number of halogens is 2. The number of nitrogens with zero attached hydrogens (tertiary/aromatic N) is 1. The van der Waals surface area contributed by atoms with Gasteiger partial charge in [-0.25, -0.2) is 4.39 Å². The molecule has 19 heavy (non-hydrogen) atoms. The molecule has 2 aromatic rings. The van der Waals surface area contributed by atoms with Crippen molar-refractivity contribution in [2.45, 2.75) is 0 Å². The molecule has 0 saturated heterocycles. The van der Waals surface area contributed by atoms with Gasteiger partial charge >= 0.3 is 0 Å². The van der Waals surface area contributed by atoms with Crippen LogP contribution in [0.25, 0.3) is 0 Å². The number of hydrogen-bond acceptors (Lipinski definition) is 2. The van der Waals surface area contributed by atoms with Gasteiger partial charge in [-0.15, -0.1) is 0 Å². The highest BCUT2D eigenvalue weighted by atomic mass is 79.9. The van der Waals surface area contributed by atoms with Crippen molar-refractivity contribution in [1.82, 2.24) is 0 Å². The quantitative estimate of drug-likeness (QED) is 0.796. The lowest BCUT2D eigenvalue weighted by Crippen LogP contribution is -2.25. The van der Waals surface area contributed by atoms with Crippen molar-refractivity contribution in [2.75, 3.05) is 18.5 Å². The molecule has 0 radical (unpaired) electrons. The number of rotatable bonds is 4. The molecule has 0 saturated carbocycles. The maximum atomic E-state index is 13.1. The summed E-state index contributed by atoms with van der Waals surface area (Å²) in [6.07, 6.45) is 0. The molecule has 0 spiro atoms. The molecule has 0 bridgehead atoms. The van der Waals surface area contributed by atoms with E-state index < -0.39 is 0 Å². The van der Waals surface area contributed by atoms with Crippen molar-refractivity contribution < 1.29 is 9.18 Å². The smallest absolute Gasteiger partial charge is 0.183 e. The number of ketones is 1. The van der Waals surface area contributed by atoms with Gasteiger partial charge < -0.3 is 4.90 Å². The molecule has 2 rings (SSSR count). The van der Waals surface area contributed by atoms with Crippen LogP contribution < -0.4 is 4.90 Å². The Balaban J connectivity index is 2.13. The molecule has 0 aliphatic rings. The van der Waals surface area contributed by atoms with Gasteiger partial charge in [0.2, 0.25) is 0 Å². The lowest BCUT2D eigenvalue weighted by Gasteiger charge is -2.18. The summed E-state index contributed by atoms with van der Waals surface area (Å²) in [6, 6.07) is 13.5. The van der Waals surface area contributed by atoms with Gasteiger partial charge in [0.15, 0.2) is 5.78 Å². The molecule has 0 amide bonds. The van der Waals surface area contributed by atoms with Crippen LogP contribution in [0.3, 0.4) is 0 Å². The maximum absolute atomic E-state index is 13.1. The summed E-state index contributed by atoms with van der Waals surface area (Å²) in [5, 5.41) is 0. The average Bonchev–Trinajstić information content (AvgIpc) is 2.39. The van der Waals surface area contributed by atoms with Gasteiger partial charge in [-0.3, -0.25) is 4.79 Å². The number of benzene rings is 2. The van der Waals surface area contributed by atoms with Crippen molar-refractivity contribution in [3.05, 3.63) is 64.4 Å². The van der Waals surface area contributed by atoms with Crippen molar-refractivity contribution >= 4 is 27.4 Å². The van der Waals surface area contributed by atoms with Crippen LogP contribution in [0.4, 0.5) is 10.1 Å². The molecule has 0 unspecified atom stereocenters. The first-order valence-electron chi connectivity index (χ1n) is 5.82. The number of carbonyl (C=O) groups is 1. The van der Waals surface area contributed by atoms with E-state index >= 15 is 0 Å². The molecule has 0 aliphatic heterocycles. The lowest BCUT2D eigenvalue weighted by molar-refractivity contribution is 0.0999. The normalized spacial score (nSPS) is 10.3. The van der Waals surface area contributed by atoms with Crippen LogP contribution in [0.2, 0.25) is 0 Å². The van der Waals surface area contributed by atoms with Crippen LogP contribution in [-0.4, -0.2) is 19.4 Å². The van der Waals surface area contributed by atoms with E-state index in [2.05, 4.69) is 15.9 Å². The highest BCUT2D eigenvalue weighted by Gasteiger charge is 2.12. The molecule has 2 aromatic carbocycles. The van der Waals surface area contributed by atoms with Gasteiger partial charge in [-0.1, -0.05) is 40.2 Å². The number of likely N-dealkylation sites (N-methyl/N-ethyl adjacent to an activating group) is 1. The van der Waals surface area contributed by atoms with E-state index in [0.29, 0.717) is 11.3 Å². The first-order chi connectivity index (χ1) is 9.08. The Morgan fingerprint density at radius 2 is 1.95 bits per heavy atom. The fraction of sp³-hybridized carbons (Fsp3) is 0.133. The van der Waals surface area contributed by atoms with E-state index in [1.807, 2.05) is 18.2 Å². The van der Waals surface area contributed by atoms with Gasteiger partial charge in [0.25, 0.3) is 0 Å². The van der Waals surface area contributed by atoms with Gasteiger partial charge in [-0.05, 0) is 24.3 Å². The summed E-state index contributed by atoms with van der Waals surface area (Å²) in [4.78, 5) is 13.9. The minimum Gasteiger partial charge on any atom is -0.367 e. The van der Waals surface area contributed by atoms with E-state index in [4.69, 9.17) is 0 Å². The van der Waals surface area contributed by atoms with Crippen LogP contribution in [0, 0.1) is 5.82 Å². The van der Waals surface area contributed by atoms with Crippen molar-refractivity contribution in [3.8, 4) is 0 Å². The minimum absolute atomic E-state index is 0.0146. The Kier molecular flexibility index (Phi) is 4.32. The van der Waals surface area contributed by atoms with E-state index in [9.17, 15) is 9.18 Å². The number of Topliss-reactive ketones (excluding diaryl/α,β-unsaturated/α-hetero) is 1. The molecule has 0 fully saturated rings.